The molecule has 22 heavy (non-hydrogen) atoms. The Morgan fingerprint density at radius 1 is 1.27 bits per heavy atom. The average Bonchev–Trinajstić information content (AvgIpc) is 3.01. The van der Waals surface area contributed by atoms with Gasteiger partial charge in [0.1, 0.15) is 0 Å². The van der Waals surface area contributed by atoms with Gasteiger partial charge in [0.25, 0.3) is 0 Å². The molecule has 0 bridgehead atoms. The third-order valence-corrected chi connectivity index (χ3v) is 6.24. The van der Waals surface area contributed by atoms with Crippen molar-refractivity contribution in [3.63, 3.8) is 0 Å². The number of rotatable bonds is 10. The molecular formula is C16H28N2O3S. The zero-order valence-corrected chi connectivity index (χ0v) is 14.2. The predicted molar refractivity (Wildman–Crippen MR) is 89.2 cm³/mol. The Balaban J connectivity index is 1.67. The first-order valence-electron chi connectivity index (χ1n) is 8.53. The van der Waals surface area contributed by atoms with E-state index in [-0.39, 0.29) is 24.0 Å². The summed E-state index contributed by atoms with van der Waals surface area (Å²) in [4.78, 5) is 22.7. The van der Waals surface area contributed by atoms with Crippen molar-refractivity contribution >= 4 is 23.8 Å². The number of nitrogens with one attached hydrogen (secondary N) is 2. The molecule has 0 aromatic rings. The zero-order chi connectivity index (χ0) is 15.9. The van der Waals surface area contributed by atoms with Crippen molar-refractivity contribution in [3.8, 4) is 0 Å². The number of aliphatic carboxylic acids is 1. The van der Waals surface area contributed by atoms with E-state index in [2.05, 4.69) is 17.6 Å². The molecule has 2 saturated heterocycles. The van der Waals surface area contributed by atoms with Gasteiger partial charge in [-0.3, -0.25) is 4.79 Å². The second-order valence-corrected chi connectivity index (χ2v) is 7.71. The van der Waals surface area contributed by atoms with E-state index in [1.165, 1.54) is 12.8 Å². The molecule has 0 saturated carbocycles. The summed E-state index contributed by atoms with van der Waals surface area (Å²) in [6, 6.07) is 0.428. The number of fused-ring (bicyclic) bond motifs is 1. The van der Waals surface area contributed by atoms with Crippen LogP contribution in [0.1, 0.15) is 58.3 Å². The lowest BCUT2D eigenvalue weighted by molar-refractivity contribution is -0.142. The van der Waals surface area contributed by atoms with Gasteiger partial charge in [-0.1, -0.05) is 39.0 Å². The Bertz CT molecular complexity index is 392. The molecular weight excluding hydrogens is 300 g/mol. The number of carboxylic acids is 1. The monoisotopic (exact) mass is 328 g/mol. The molecule has 0 aliphatic carbocycles. The first-order chi connectivity index (χ1) is 10.6. The van der Waals surface area contributed by atoms with Crippen LogP contribution >= 0.6 is 11.8 Å². The van der Waals surface area contributed by atoms with Crippen molar-refractivity contribution in [2.24, 2.45) is 5.92 Å². The van der Waals surface area contributed by atoms with Gasteiger partial charge in [-0.25, -0.2) is 4.79 Å². The van der Waals surface area contributed by atoms with Gasteiger partial charge in [0.2, 0.25) is 0 Å². The van der Waals surface area contributed by atoms with Gasteiger partial charge in [0.15, 0.2) is 0 Å². The number of amides is 2. The van der Waals surface area contributed by atoms with E-state index in [1.54, 1.807) is 0 Å². The van der Waals surface area contributed by atoms with Crippen molar-refractivity contribution in [1.29, 1.82) is 0 Å². The highest BCUT2D eigenvalue weighted by atomic mass is 32.2. The number of carboxylic acid groups (broad SMARTS) is 1. The lowest BCUT2D eigenvalue weighted by Crippen LogP contribution is -2.36. The summed E-state index contributed by atoms with van der Waals surface area (Å²) in [6.07, 6.45) is 8.02. The number of unbranched alkanes of at least 4 members (excludes halogenated alkanes) is 3. The molecule has 126 valence electrons. The van der Waals surface area contributed by atoms with Crippen molar-refractivity contribution in [3.05, 3.63) is 0 Å². The van der Waals surface area contributed by atoms with Crippen LogP contribution in [0, 0.1) is 5.92 Å². The molecule has 6 heteroatoms. The van der Waals surface area contributed by atoms with Crippen LogP contribution in [0.2, 0.25) is 0 Å². The number of hydrogen-bond acceptors (Lipinski definition) is 3. The van der Waals surface area contributed by atoms with E-state index in [9.17, 15) is 14.7 Å². The summed E-state index contributed by atoms with van der Waals surface area (Å²) >= 11 is 1.90. The van der Waals surface area contributed by atoms with E-state index in [0.29, 0.717) is 5.25 Å². The predicted octanol–water partition coefficient (Wildman–Crippen LogP) is 2.99. The average molecular weight is 328 g/mol. The van der Waals surface area contributed by atoms with Crippen LogP contribution in [-0.4, -0.2) is 40.2 Å². The molecule has 1 unspecified atom stereocenters. The van der Waals surface area contributed by atoms with Gasteiger partial charge in [-0.15, -0.1) is 0 Å². The second-order valence-electron chi connectivity index (χ2n) is 6.44. The number of thioether (sulfide) groups is 1. The fourth-order valence-electron chi connectivity index (χ4n) is 3.42. The molecule has 0 radical (unpaired) electrons. The molecule has 0 spiro atoms. The molecule has 2 rings (SSSR count). The minimum atomic E-state index is -0.649. The number of hydrogen-bond donors (Lipinski definition) is 3. The smallest absolute Gasteiger partial charge is 0.315 e. The molecule has 0 aromatic carbocycles. The highest BCUT2D eigenvalue weighted by molar-refractivity contribution is 8.00. The van der Waals surface area contributed by atoms with Crippen molar-refractivity contribution in [1.82, 2.24) is 10.6 Å². The summed E-state index contributed by atoms with van der Waals surface area (Å²) in [5.41, 5.74) is 0. The summed E-state index contributed by atoms with van der Waals surface area (Å²) in [5, 5.41) is 15.7. The number of carbonyl (C=O) groups is 2. The van der Waals surface area contributed by atoms with Crippen LogP contribution in [0.25, 0.3) is 0 Å². The summed E-state index contributed by atoms with van der Waals surface area (Å²) in [6.45, 7) is 2.16. The van der Waals surface area contributed by atoms with Crippen LogP contribution in [0.4, 0.5) is 4.79 Å². The Labute approximate surface area is 137 Å². The Hall–Kier alpha value is -0.910. The largest absolute Gasteiger partial charge is 0.481 e. The van der Waals surface area contributed by atoms with Crippen LogP contribution < -0.4 is 10.6 Å². The molecule has 0 aromatic heterocycles. The van der Waals surface area contributed by atoms with Crippen LogP contribution in [-0.2, 0) is 4.79 Å². The topological polar surface area (TPSA) is 78.4 Å². The summed E-state index contributed by atoms with van der Waals surface area (Å²) < 4.78 is 0. The Kier molecular flexibility index (Phi) is 6.86. The number of urea groups is 1. The van der Waals surface area contributed by atoms with Crippen LogP contribution in [0.15, 0.2) is 0 Å². The number of carbonyl (C=O) groups excluding carboxylic acids is 1. The first-order valence-corrected chi connectivity index (χ1v) is 9.58. The fraction of sp³-hybridized carbons (Fsp3) is 0.875. The molecule has 2 heterocycles. The maximum absolute atomic E-state index is 11.3. The van der Waals surface area contributed by atoms with E-state index in [4.69, 9.17) is 0 Å². The molecule has 2 fully saturated rings. The van der Waals surface area contributed by atoms with Gasteiger partial charge >= 0.3 is 12.0 Å². The summed E-state index contributed by atoms with van der Waals surface area (Å²) in [7, 11) is 0. The standard InChI is InChI=1S/C16H28N2O3S/c1-2-3-4-5-7-11(15(19)20)8-6-9-13-14-12(10-22-13)17-16(21)18-14/h11-14H,2-10H2,1H3,(H,19,20)(H2,17,18,21)/t11?,12-,13-,14-/m0/s1. The van der Waals surface area contributed by atoms with E-state index in [0.717, 1.165) is 44.3 Å². The fourth-order valence-corrected chi connectivity index (χ4v) is 4.96. The molecule has 2 aliphatic rings. The van der Waals surface area contributed by atoms with Crippen molar-refractivity contribution in [2.45, 2.75) is 75.6 Å². The molecule has 3 N–H and O–H groups in total. The third-order valence-electron chi connectivity index (χ3n) is 4.73. The first kappa shape index (κ1) is 17.4. The quantitative estimate of drug-likeness (QED) is 0.425. The summed E-state index contributed by atoms with van der Waals surface area (Å²) in [5.74, 6) is 0.118. The highest BCUT2D eigenvalue weighted by Crippen LogP contribution is 2.33. The minimum Gasteiger partial charge on any atom is -0.481 e. The molecule has 2 aliphatic heterocycles. The minimum absolute atomic E-state index is 0.0559. The van der Waals surface area contributed by atoms with E-state index in [1.807, 2.05) is 11.8 Å². The molecule has 5 nitrogen and oxygen atoms in total. The maximum atomic E-state index is 11.3. The van der Waals surface area contributed by atoms with Crippen LogP contribution in [0.5, 0.6) is 0 Å². The Morgan fingerprint density at radius 3 is 2.77 bits per heavy atom. The van der Waals surface area contributed by atoms with E-state index < -0.39 is 5.97 Å². The maximum Gasteiger partial charge on any atom is 0.315 e. The van der Waals surface area contributed by atoms with Crippen LogP contribution in [0.3, 0.4) is 0 Å². The normalized spacial score (nSPS) is 28.0. The Morgan fingerprint density at radius 2 is 2.05 bits per heavy atom. The van der Waals surface area contributed by atoms with Crippen molar-refractivity contribution < 1.29 is 14.7 Å². The SMILES string of the molecule is CCCCCCC(CCC[C@@H]1SC[C@@H]2NC(=O)N[C@@H]21)C(=O)O. The van der Waals surface area contributed by atoms with Gasteiger partial charge in [-0.2, -0.15) is 11.8 Å². The third kappa shape index (κ3) is 4.80. The molecule has 4 atom stereocenters. The molecule has 2 amide bonds. The van der Waals surface area contributed by atoms with Gasteiger partial charge in [-0.05, 0) is 19.3 Å². The lowest BCUT2D eigenvalue weighted by Gasteiger charge is -2.18. The van der Waals surface area contributed by atoms with Gasteiger partial charge < -0.3 is 15.7 Å². The van der Waals surface area contributed by atoms with Gasteiger partial charge in [0.05, 0.1) is 18.0 Å². The van der Waals surface area contributed by atoms with Crippen molar-refractivity contribution in [2.75, 3.05) is 5.75 Å². The van der Waals surface area contributed by atoms with E-state index >= 15 is 0 Å². The second kappa shape index (κ2) is 8.65. The lowest BCUT2D eigenvalue weighted by atomic mass is 9.93. The van der Waals surface area contributed by atoms with Gasteiger partial charge in [0, 0.05) is 11.0 Å². The highest BCUT2D eigenvalue weighted by Gasteiger charge is 2.42. The zero-order valence-electron chi connectivity index (χ0n) is 13.3.